The van der Waals surface area contributed by atoms with E-state index in [4.69, 9.17) is 19.6 Å². The van der Waals surface area contributed by atoms with Crippen molar-refractivity contribution in [2.24, 2.45) is 5.73 Å². The van der Waals surface area contributed by atoms with Gasteiger partial charge in [-0.15, -0.1) is 0 Å². The molecule has 4 aromatic rings. The van der Waals surface area contributed by atoms with Crippen molar-refractivity contribution in [2.45, 2.75) is 26.5 Å². The van der Waals surface area contributed by atoms with E-state index in [2.05, 4.69) is 4.98 Å². The first-order valence-electron chi connectivity index (χ1n) is 10.2. The Kier molecular flexibility index (Phi) is 6.29. The molecule has 0 bridgehead atoms. The molecule has 0 saturated heterocycles. The maximum absolute atomic E-state index is 11.9. The molecule has 2 aromatic heterocycles. The number of aromatic nitrogens is 1. The van der Waals surface area contributed by atoms with Gasteiger partial charge in [0.2, 0.25) is 0 Å². The molecule has 2 heterocycles. The van der Waals surface area contributed by atoms with Gasteiger partial charge in [-0.05, 0) is 37.3 Å². The molecule has 2 aromatic carbocycles. The highest BCUT2D eigenvalue weighted by Crippen LogP contribution is 2.31. The topological polar surface area (TPSA) is 87.6 Å². The number of carbonyl (C=O) groups excluding carboxylic acids is 1. The van der Waals surface area contributed by atoms with Crippen LogP contribution in [0.4, 0.5) is 0 Å². The predicted octanol–water partition coefficient (Wildman–Crippen LogP) is 4.64. The summed E-state index contributed by atoms with van der Waals surface area (Å²) in [6.45, 7) is 2.87. The SMILES string of the molecule is CCOC(=O)Cc1ccccc1OCc1cccc2oc(-c3ccnc(CN)c3)cc12. The van der Waals surface area contributed by atoms with Gasteiger partial charge in [0.05, 0.1) is 18.7 Å². The van der Waals surface area contributed by atoms with Crippen molar-refractivity contribution < 1.29 is 18.7 Å². The molecule has 0 saturated carbocycles. The first kappa shape index (κ1) is 20.6. The summed E-state index contributed by atoms with van der Waals surface area (Å²) in [6.07, 6.45) is 1.91. The van der Waals surface area contributed by atoms with Crippen LogP contribution in [-0.2, 0) is 29.1 Å². The quantitative estimate of drug-likeness (QED) is 0.421. The summed E-state index contributed by atoms with van der Waals surface area (Å²) < 4.78 is 17.2. The van der Waals surface area contributed by atoms with Crippen LogP contribution in [0, 0.1) is 0 Å². The zero-order valence-corrected chi connectivity index (χ0v) is 17.3. The number of benzene rings is 2. The Balaban J connectivity index is 1.57. The molecule has 0 fully saturated rings. The number of rotatable bonds is 8. The minimum absolute atomic E-state index is 0.176. The van der Waals surface area contributed by atoms with Gasteiger partial charge in [0.1, 0.15) is 23.7 Å². The van der Waals surface area contributed by atoms with Gasteiger partial charge in [-0.3, -0.25) is 9.78 Å². The molecule has 0 spiro atoms. The zero-order chi connectivity index (χ0) is 21.6. The Hall–Kier alpha value is -3.64. The Labute approximate surface area is 180 Å². The number of carbonyl (C=O) groups is 1. The molecule has 6 nitrogen and oxygen atoms in total. The number of hydrogen-bond donors (Lipinski definition) is 1. The van der Waals surface area contributed by atoms with Gasteiger partial charge in [0, 0.05) is 34.8 Å². The zero-order valence-electron chi connectivity index (χ0n) is 17.3. The summed E-state index contributed by atoms with van der Waals surface area (Å²) in [7, 11) is 0. The van der Waals surface area contributed by atoms with Crippen LogP contribution in [0.3, 0.4) is 0 Å². The van der Waals surface area contributed by atoms with Crippen molar-refractivity contribution in [1.29, 1.82) is 0 Å². The minimum atomic E-state index is -0.269. The monoisotopic (exact) mass is 416 g/mol. The molecule has 31 heavy (non-hydrogen) atoms. The van der Waals surface area contributed by atoms with Crippen LogP contribution in [0.25, 0.3) is 22.3 Å². The van der Waals surface area contributed by atoms with Gasteiger partial charge < -0.3 is 19.6 Å². The number of pyridine rings is 1. The van der Waals surface area contributed by atoms with Crippen molar-refractivity contribution in [2.75, 3.05) is 6.61 Å². The Morgan fingerprint density at radius 1 is 1.06 bits per heavy atom. The maximum atomic E-state index is 11.9. The fraction of sp³-hybridized carbons (Fsp3) is 0.200. The highest BCUT2D eigenvalue weighted by atomic mass is 16.5. The Morgan fingerprint density at radius 3 is 2.74 bits per heavy atom. The molecule has 0 amide bonds. The van der Waals surface area contributed by atoms with Gasteiger partial charge in [-0.2, -0.15) is 0 Å². The molecule has 2 N–H and O–H groups in total. The lowest BCUT2D eigenvalue weighted by molar-refractivity contribution is -0.142. The van der Waals surface area contributed by atoms with E-state index in [1.54, 1.807) is 13.1 Å². The van der Waals surface area contributed by atoms with Gasteiger partial charge in [0.15, 0.2) is 0 Å². The number of fused-ring (bicyclic) bond motifs is 1. The second-order valence-corrected chi connectivity index (χ2v) is 7.06. The second-order valence-electron chi connectivity index (χ2n) is 7.06. The second kappa shape index (κ2) is 9.45. The summed E-state index contributed by atoms with van der Waals surface area (Å²) in [5, 5.41) is 0.978. The number of nitrogens with two attached hydrogens (primary N) is 1. The molecule has 0 aliphatic rings. The first-order valence-corrected chi connectivity index (χ1v) is 10.2. The van der Waals surface area contributed by atoms with Crippen LogP contribution in [0.1, 0.15) is 23.7 Å². The third kappa shape index (κ3) is 4.75. The van der Waals surface area contributed by atoms with E-state index in [1.165, 1.54) is 0 Å². The van der Waals surface area contributed by atoms with Crippen LogP contribution < -0.4 is 10.5 Å². The van der Waals surface area contributed by atoms with E-state index >= 15 is 0 Å². The van der Waals surface area contributed by atoms with Crippen molar-refractivity contribution in [3.63, 3.8) is 0 Å². The third-order valence-electron chi connectivity index (χ3n) is 4.96. The highest BCUT2D eigenvalue weighted by molar-refractivity contribution is 5.85. The minimum Gasteiger partial charge on any atom is -0.489 e. The molecule has 4 rings (SSSR count). The average molecular weight is 416 g/mol. The van der Waals surface area contributed by atoms with E-state index in [9.17, 15) is 4.79 Å². The van der Waals surface area contributed by atoms with Gasteiger partial charge in [0.25, 0.3) is 0 Å². The summed E-state index contributed by atoms with van der Waals surface area (Å²) in [4.78, 5) is 16.1. The van der Waals surface area contributed by atoms with Crippen LogP contribution in [-0.4, -0.2) is 17.6 Å². The molecular formula is C25H24N2O4. The lowest BCUT2D eigenvalue weighted by Crippen LogP contribution is -2.09. The Bertz CT molecular complexity index is 1200. The molecule has 6 heteroatoms. The standard InChI is InChI=1S/C25H24N2O4/c1-2-29-25(28)13-17-6-3-4-8-22(17)30-16-19-7-5-9-23-21(19)14-24(31-23)18-10-11-27-20(12-18)15-26/h3-12,14H,2,13,15-16,26H2,1H3. The number of furan rings is 1. The lowest BCUT2D eigenvalue weighted by Gasteiger charge is -2.11. The van der Waals surface area contributed by atoms with Crippen molar-refractivity contribution in [1.82, 2.24) is 4.98 Å². The van der Waals surface area contributed by atoms with Crippen LogP contribution in [0.2, 0.25) is 0 Å². The van der Waals surface area contributed by atoms with E-state index in [1.807, 2.05) is 60.7 Å². The number of esters is 1. The largest absolute Gasteiger partial charge is 0.489 e. The highest BCUT2D eigenvalue weighted by Gasteiger charge is 2.13. The fourth-order valence-corrected chi connectivity index (χ4v) is 3.45. The molecular weight excluding hydrogens is 392 g/mol. The summed E-state index contributed by atoms with van der Waals surface area (Å²) in [5.41, 5.74) is 10.0. The van der Waals surface area contributed by atoms with Gasteiger partial charge in [-0.25, -0.2) is 0 Å². The normalized spacial score (nSPS) is 10.9. The Morgan fingerprint density at radius 2 is 1.90 bits per heavy atom. The van der Waals surface area contributed by atoms with Crippen molar-refractivity contribution in [3.05, 3.63) is 83.7 Å². The predicted molar refractivity (Wildman–Crippen MR) is 118 cm³/mol. The van der Waals surface area contributed by atoms with Crippen molar-refractivity contribution in [3.8, 4) is 17.1 Å². The van der Waals surface area contributed by atoms with E-state index < -0.39 is 0 Å². The third-order valence-corrected chi connectivity index (χ3v) is 4.96. The van der Waals surface area contributed by atoms with Gasteiger partial charge in [-0.1, -0.05) is 30.3 Å². The van der Waals surface area contributed by atoms with E-state index in [0.717, 1.165) is 39.1 Å². The van der Waals surface area contributed by atoms with Crippen LogP contribution in [0.15, 0.2) is 71.3 Å². The molecule has 0 radical (unpaired) electrons. The van der Waals surface area contributed by atoms with Gasteiger partial charge >= 0.3 is 5.97 Å². The number of para-hydroxylation sites is 1. The van der Waals surface area contributed by atoms with Crippen LogP contribution in [0.5, 0.6) is 5.75 Å². The molecule has 0 atom stereocenters. The number of nitrogens with zero attached hydrogens (tertiary/aromatic N) is 1. The van der Waals surface area contributed by atoms with Crippen LogP contribution >= 0.6 is 0 Å². The molecule has 0 aliphatic heterocycles. The summed E-state index contributed by atoms with van der Waals surface area (Å²) >= 11 is 0. The fourth-order valence-electron chi connectivity index (χ4n) is 3.45. The summed E-state index contributed by atoms with van der Waals surface area (Å²) in [6, 6.07) is 19.2. The smallest absolute Gasteiger partial charge is 0.310 e. The average Bonchev–Trinajstić information content (AvgIpc) is 3.24. The summed E-state index contributed by atoms with van der Waals surface area (Å²) in [5.74, 6) is 1.15. The lowest BCUT2D eigenvalue weighted by atomic mass is 10.1. The first-order chi connectivity index (χ1) is 15.2. The molecule has 0 unspecified atom stereocenters. The van der Waals surface area contributed by atoms with Crippen molar-refractivity contribution >= 4 is 16.9 Å². The van der Waals surface area contributed by atoms with E-state index in [-0.39, 0.29) is 12.4 Å². The van der Waals surface area contributed by atoms with E-state index in [0.29, 0.717) is 25.5 Å². The number of hydrogen-bond acceptors (Lipinski definition) is 6. The molecule has 158 valence electrons. The number of ether oxygens (including phenoxy) is 2. The maximum Gasteiger partial charge on any atom is 0.310 e. The molecule has 0 aliphatic carbocycles.